The minimum atomic E-state index is -3.94. The van der Waals surface area contributed by atoms with E-state index >= 15 is 0 Å². The summed E-state index contributed by atoms with van der Waals surface area (Å²) < 4.78 is 74.8. The van der Waals surface area contributed by atoms with Gasteiger partial charge in [-0.3, -0.25) is 4.79 Å². The van der Waals surface area contributed by atoms with E-state index in [1.165, 1.54) is 55.5 Å². The number of primary sulfonamides is 1. The number of rotatable bonds is 6. The molecule has 1 atom stereocenters. The Morgan fingerprint density at radius 1 is 1.00 bits per heavy atom. The highest BCUT2D eigenvalue weighted by Gasteiger charge is 2.41. The molecule has 1 fully saturated rings. The van der Waals surface area contributed by atoms with Crippen molar-refractivity contribution in [3.63, 3.8) is 0 Å². The molecule has 1 saturated heterocycles. The van der Waals surface area contributed by atoms with Gasteiger partial charge in [-0.15, -0.1) is 0 Å². The summed E-state index contributed by atoms with van der Waals surface area (Å²) in [6.07, 6.45) is 0. The molecule has 2 aromatic carbocycles. The average molecular weight is 474 g/mol. The van der Waals surface area contributed by atoms with E-state index in [9.17, 15) is 30.0 Å². The van der Waals surface area contributed by atoms with Crippen molar-refractivity contribution in [2.75, 3.05) is 10.1 Å². The van der Waals surface area contributed by atoms with Gasteiger partial charge in [0.15, 0.2) is 0 Å². The third-order valence-corrected chi connectivity index (χ3v) is 8.67. The average Bonchev–Trinajstić information content (AvgIpc) is 2.86. The van der Waals surface area contributed by atoms with Gasteiger partial charge >= 0.3 is 0 Å². The van der Waals surface area contributed by atoms with Crippen LogP contribution in [0.2, 0.25) is 0 Å². The topological polar surface area (TPSA) is 161 Å². The van der Waals surface area contributed by atoms with E-state index in [1.807, 2.05) is 0 Å². The molecule has 0 aromatic heterocycles. The maximum Gasteiger partial charge on any atom is 0.244 e. The Labute approximate surface area is 174 Å². The minimum Gasteiger partial charge on any atom is -0.273 e. The van der Waals surface area contributed by atoms with Gasteiger partial charge in [-0.05, 0) is 42.0 Å². The van der Waals surface area contributed by atoms with Crippen LogP contribution in [-0.2, 0) is 41.4 Å². The molecule has 1 amide bonds. The number of carbonyl (C=O) groups is 1. The van der Waals surface area contributed by atoms with Crippen LogP contribution < -0.4 is 14.2 Å². The summed E-state index contributed by atoms with van der Waals surface area (Å²) in [6, 6.07) is 10.3. The summed E-state index contributed by atoms with van der Waals surface area (Å²) in [5.41, 5.74) is 0.576. The Hall–Kier alpha value is -2.32. The molecule has 3 rings (SSSR count). The van der Waals surface area contributed by atoms with E-state index < -0.39 is 41.9 Å². The first-order valence-corrected chi connectivity index (χ1v) is 13.2. The molecule has 0 radical (unpaired) electrons. The van der Waals surface area contributed by atoms with E-state index in [0.717, 1.165) is 0 Å². The van der Waals surface area contributed by atoms with Crippen LogP contribution in [0.4, 0.5) is 5.69 Å². The SMILES string of the molecule is CC1CS(=O)(=O)N(c2ccc(S(=O)(=O)NCc3ccc(S(N)(=O)=O)cc3)cc2)C1=O. The second-order valence-corrected chi connectivity index (χ2v) is 12.0. The number of nitrogens with two attached hydrogens (primary N) is 1. The van der Waals surface area contributed by atoms with Gasteiger partial charge in [-0.1, -0.05) is 19.1 Å². The highest BCUT2D eigenvalue weighted by Crippen LogP contribution is 2.29. The first-order chi connectivity index (χ1) is 13.8. The van der Waals surface area contributed by atoms with Crippen LogP contribution in [0.25, 0.3) is 0 Å². The summed E-state index contributed by atoms with van der Waals surface area (Å²) in [6.45, 7) is 1.41. The molecular weight excluding hydrogens is 454 g/mol. The second-order valence-electron chi connectivity index (χ2n) is 6.79. The quantitative estimate of drug-likeness (QED) is 0.602. The number of carbonyl (C=O) groups excluding carboxylic acids is 1. The predicted octanol–water partition coefficient (Wildman–Crippen LogP) is 0.125. The lowest BCUT2D eigenvalue weighted by Gasteiger charge is -2.15. The normalized spacial score (nSPS) is 19.2. The van der Waals surface area contributed by atoms with Crippen LogP contribution in [0, 0.1) is 5.92 Å². The van der Waals surface area contributed by atoms with Crippen molar-refractivity contribution in [2.24, 2.45) is 11.1 Å². The van der Waals surface area contributed by atoms with Crippen molar-refractivity contribution in [1.82, 2.24) is 4.72 Å². The lowest BCUT2D eigenvalue weighted by atomic mass is 10.2. The first-order valence-electron chi connectivity index (χ1n) is 8.59. The van der Waals surface area contributed by atoms with Crippen LogP contribution in [0.3, 0.4) is 0 Å². The van der Waals surface area contributed by atoms with Crippen molar-refractivity contribution in [3.05, 3.63) is 54.1 Å². The predicted molar refractivity (Wildman–Crippen MR) is 109 cm³/mol. The number of hydrogen-bond acceptors (Lipinski definition) is 7. The molecule has 0 bridgehead atoms. The van der Waals surface area contributed by atoms with E-state index in [4.69, 9.17) is 5.14 Å². The Morgan fingerprint density at radius 3 is 2.00 bits per heavy atom. The molecule has 0 saturated carbocycles. The summed E-state index contributed by atoms with van der Waals surface area (Å²) in [7, 11) is -11.6. The van der Waals surface area contributed by atoms with Gasteiger partial charge in [0.25, 0.3) is 0 Å². The zero-order valence-electron chi connectivity index (χ0n) is 15.7. The Kier molecular flexibility index (Phi) is 5.77. The summed E-state index contributed by atoms with van der Waals surface area (Å²) >= 11 is 0. The molecule has 13 heteroatoms. The molecule has 0 spiro atoms. The molecular formula is C17H19N3O7S3. The molecule has 3 N–H and O–H groups in total. The molecule has 2 aromatic rings. The van der Waals surface area contributed by atoms with Gasteiger partial charge in [0.2, 0.25) is 36.0 Å². The number of anilines is 1. The van der Waals surface area contributed by atoms with E-state index in [-0.39, 0.29) is 27.8 Å². The first kappa shape index (κ1) is 22.4. The van der Waals surface area contributed by atoms with Crippen LogP contribution >= 0.6 is 0 Å². The van der Waals surface area contributed by atoms with Gasteiger partial charge in [-0.25, -0.2) is 39.4 Å². The fourth-order valence-electron chi connectivity index (χ4n) is 2.91. The Balaban J connectivity index is 1.75. The molecule has 1 aliphatic rings. The van der Waals surface area contributed by atoms with Crippen molar-refractivity contribution in [2.45, 2.75) is 23.3 Å². The van der Waals surface area contributed by atoms with Crippen LogP contribution in [0.5, 0.6) is 0 Å². The van der Waals surface area contributed by atoms with Crippen molar-refractivity contribution >= 4 is 41.7 Å². The van der Waals surface area contributed by atoms with Gasteiger partial charge in [0.05, 0.1) is 27.1 Å². The number of nitrogens with zero attached hydrogens (tertiary/aromatic N) is 1. The summed E-state index contributed by atoms with van der Waals surface area (Å²) in [5.74, 6) is -1.52. The zero-order chi connectivity index (χ0) is 22.3. The Bertz CT molecular complexity index is 1290. The Morgan fingerprint density at radius 2 is 1.53 bits per heavy atom. The zero-order valence-corrected chi connectivity index (χ0v) is 18.2. The molecule has 1 aliphatic heterocycles. The maximum absolute atomic E-state index is 12.5. The number of amides is 1. The third kappa shape index (κ3) is 4.54. The molecule has 1 heterocycles. The van der Waals surface area contributed by atoms with E-state index in [0.29, 0.717) is 9.87 Å². The van der Waals surface area contributed by atoms with Crippen molar-refractivity contribution in [3.8, 4) is 0 Å². The van der Waals surface area contributed by atoms with Gasteiger partial charge in [0.1, 0.15) is 0 Å². The lowest BCUT2D eigenvalue weighted by molar-refractivity contribution is -0.119. The monoisotopic (exact) mass is 473 g/mol. The third-order valence-electron chi connectivity index (χ3n) is 4.46. The van der Waals surface area contributed by atoms with Gasteiger partial charge in [-0.2, -0.15) is 0 Å². The number of sulfonamides is 3. The van der Waals surface area contributed by atoms with Gasteiger partial charge in [0, 0.05) is 6.54 Å². The minimum absolute atomic E-state index is 0.0712. The highest BCUT2D eigenvalue weighted by molar-refractivity contribution is 7.94. The summed E-state index contributed by atoms with van der Waals surface area (Å²) in [5, 5.41) is 5.01. The fourth-order valence-corrected chi connectivity index (χ4v) is 6.26. The van der Waals surface area contributed by atoms with Crippen LogP contribution in [-0.4, -0.2) is 36.9 Å². The van der Waals surface area contributed by atoms with Crippen LogP contribution in [0.15, 0.2) is 58.3 Å². The van der Waals surface area contributed by atoms with Crippen molar-refractivity contribution in [1.29, 1.82) is 0 Å². The molecule has 10 nitrogen and oxygen atoms in total. The molecule has 1 unspecified atom stereocenters. The standard InChI is InChI=1S/C17H19N3O7S3/c1-12-11-28(22,23)20(17(12)21)14-4-8-16(9-5-14)30(26,27)19-10-13-2-6-15(7-3-13)29(18,24)25/h2-9,12,19H,10-11H2,1H3,(H2,18,24,25). The van der Waals surface area contributed by atoms with Crippen molar-refractivity contribution < 1.29 is 30.0 Å². The molecule has 0 aliphatic carbocycles. The maximum atomic E-state index is 12.5. The largest absolute Gasteiger partial charge is 0.273 e. The highest BCUT2D eigenvalue weighted by atomic mass is 32.2. The second kappa shape index (κ2) is 7.74. The molecule has 162 valence electrons. The summed E-state index contributed by atoms with van der Waals surface area (Å²) in [4.78, 5) is 11.9. The number of nitrogens with one attached hydrogen (secondary N) is 1. The van der Waals surface area contributed by atoms with Gasteiger partial charge < -0.3 is 0 Å². The lowest BCUT2D eigenvalue weighted by Crippen LogP contribution is -2.30. The molecule has 30 heavy (non-hydrogen) atoms. The van der Waals surface area contributed by atoms with E-state index in [1.54, 1.807) is 0 Å². The van der Waals surface area contributed by atoms with Crippen LogP contribution in [0.1, 0.15) is 12.5 Å². The van der Waals surface area contributed by atoms with E-state index in [2.05, 4.69) is 4.72 Å². The number of benzene rings is 2. The fraction of sp³-hybridized carbons (Fsp3) is 0.235. The smallest absolute Gasteiger partial charge is 0.244 e. The number of hydrogen-bond donors (Lipinski definition) is 2.